The summed E-state index contributed by atoms with van der Waals surface area (Å²) in [5.74, 6) is 2.42. The minimum absolute atomic E-state index is 0.271. The molecule has 2 fully saturated rings. The number of hydrogen-bond acceptors (Lipinski definition) is 3. The van der Waals surface area contributed by atoms with Crippen LogP contribution in [0.3, 0.4) is 0 Å². The summed E-state index contributed by atoms with van der Waals surface area (Å²) in [4.78, 5) is 19.0. The molecule has 1 aromatic carbocycles. The number of nitrogens with zero attached hydrogens (tertiary/aromatic N) is 2. The summed E-state index contributed by atoms with van der Waals surface area (Å²) in [5, 5.41) is 0.674. The van der Waals surface area contributed by atoms with Crippen LogP contribution in [0.15, 0.2) is 22.6 Å². The van der Waals surface area contributed by atoms with Gasteiger partial charge in [-0.2, -0.15) is 0 Å². The van der Waals surface area contributed by atoms with Gasteiger partial charge < -0.3 is 9.32 Å². The number of piperidine rings is 1. The molecule has 1 amide bonds. The Morgan fingerprint density at radius 3 is 2.74 bits per heavy atom. The molecule has 4 nitrogen and oxygen atoms in total. The van der Waals surface area contributed by atoms with Crippen molar-refractivity contribution < 1.29 is 9.21 Å². The lowest BCUT2D eigenvalue weighted by atomic mass is 9.75. The maximum absolute atomic E-state index is 12.4. The highest BCUT2D eigenvalue weighted by Crippen LogP contribution is 2.36. The second-order valence-electron chi connectivity index (χ2n) is 7.04. The molecule has 0 atom stereocenters. The number of rotatable bonds is 2. The highest BCUT2D eigenvalue weighted by atomic mass is 35.5. The van der Waals surface area contributed by atoms with E-state index < -0.39 is 0 Å². The third-order valence-electron chi connectivity index (χ3n) is 5.25. The van der Waals surface area contributed by atoms with Gasteiger partial charge in [-0.05, 0) is 49.8 Å². The van der Waals surface area contributed by atoms with Gasteiger partial charge in [0.25, 0.3) is 0 Å². The second kappa shape index (κ2) is 5.82. The van der Waals surface area contributed by atoms with Crippen LogP contribution in [-0.2, 0) is 4.79 Å². The van der Waals surface area contributed by atoms with Crippen molar-refractivity contribution >= 4 is 28.6 Å². The molecule has 0 spiro atoms. The SMILES string of the molecule is CC1CC(C(=O)N2CCC(c3nc4cc(Cl)ccc4o3)CC2)C1. The molecular formula is C18H21ClN2O2. The van der Waals surface area contributed by atoms with Crippen LogP contribution in [0, 0.1) is 11.8 Å². The fourth-order valence-corrected chi connectivity index (χ4v) is 3.97. The molecule has 2 heterocycles. The third-order valence-corrected chi connectivity index (χ3v) is 5.48. The van der Waals surface area contributed by atoms with E-state index in [4.69, 9.17) is 16.0 Å². The van der Waals surface area contributed by atoms with E-state index in [1.165, 1.54) is 0 Å². The molecule has 1 aliphatic heterocycles. The van der Waals surface area contributed by atoms with Gasteiger partial charge in [0.2, 0.25) is 5.91 Å². The van der Waals surface area contributed by atoms with Gasteiger partial charge in [-0.1, -0.05) is 18.5 Å². The Morgan fingerprint density at radius 2 is 2.04 bits per heavy atom. The first-order valence-electron chi connectivity index (χ1n) is 8.45. The summed E-state index contributed by atoms with van der Waals surface area (Å²) < 4.78 is 5.88. The van der Waals surface area contributed by atoms with Crippen molar-refractivity contribution in [2.45, 2.75) is 38.5 Å². The van der Waals surface area contributed by atoms with Crippen LogP contribution >= 0.6 is 11.6 Å². The summed E-state index contributed by atoms with van der Waals surface area (Å²) in [6.45, 7) is 3.84. The summed E-state index contributed by atoms with van der Waals surface area (Å²) in [6, 6.07) is 5.52. The highest BCUT2D eigenvalue weighted by Gasteiger charge is 2.36. The summed E-state index contributed by atoms with van der Waals surface area (Å²) in [6.07, 6.45) is 3.97. The van der Waals surface area contributed by atoms with E-state index in [0.29, 0.717) is 22.8 Å². The van der Waals surface area contributed by atoms with Crippen LogP contribution in [0.25, 0.3) is 11.1 Å². The van der Waals surface area contributed by atoms with Gasteiger partial charge in [-0.3, -0.25) is 4.79 Å². The van der Waals surface area contributed by atoms with Gasteiger partial charge in [0, 0.05) is 29.9 Å². The Morgan fingerprint density at radius 1 is 1.30 bits per heavy atom. The van der Waals surface area contributed by atoms with Crippen LogP contribution in [0.2, 0.25) is 5.02 Å². The summed E-state index contributed by atoms with van der Waals surface area (Å²) >= 11 is 6.00. The highest BCUT2D eigenvalue weighted by molar-refractivity contribution is 6.31. The molecule has 1 aromatic heterocycles. The Kier molecular flexibility index (Phi) is 3.80. The van der Waals surface area contributed by atoms with E-state index in [2.05, 4.69) is 11.9 Å². The molecule has 0 unspecified atom stereocenters. The van der Waals surface area contributed by atoms with Crippen LogP contribution in [0.5, 0.6) is 0 Å². The summed E-state index contributed by atoms with van der Waals surface area (Å²) in [5.41, 5.74) is 1.60. The van der Waals surface area contributed by atoms with E-state index in [0.717, 1.165) is 55.8 Å². The molecule has 0 radical (unpaired) electrons. The van der Waals surface area contributed by atoms with Crippen LogP contribution in [0.1, 0.15) is 44.4 Å². The fraction of sp³-hybridized carbons (Fsp3) is 0.556. The van der Waals surface area contributed by atoms with Crippen LogP contribution < -0.4 is 0 Å². The van der Waals surface area contributed by atoms with Crippen molar-refractivity contribution in [3.8, 4) is 0 Å². The Balaban J connectivity index is 1.41. The first kappa shape index (κ1) is 15.0. The normalized spacial score (nSPS) is 25.6. The maximum Gasteiger partial charge on any atom is 0.225 e. The molecular weight excluding hydrogens is 312 g/mol. The topological polar surface area (TPSA) is 46.3 Å². The first-order valence-corrected chi connectivity index (χ1v) is 8.82. The van der Waals surface area contributed by atoms with Gasteiger partial charge in [-0.25, -0.2) is 4.98 Å². The molecule has 0 bridgehead atoms. The number of likely N-dealkylation sites (tertiary alicyclic amines) is 1. The zero-order valence-corrected chi connectivity index (χ0v) is 14.1. The van der Waals surface area contributed by atoms with E-state index in [1.54, 1.807) is 0 Å². The van der Waals surface area contributed by atoms with Crippen molar-refractivity contribution in [1.29, 1.82) is 0 Å². The van der Waals surface area contributed by atoms with Gasteiger partial charge in [-0.15, -0.1) is 0 Å². The monoisotopic (exact) mass is 332 g/mol. The largest absolute Gasteiger partial charge is 0.440 e. The van der Waals surface area contributed by atoms with Gasteiger partial charge in [0.1, 0.15) is 5.52 Å². The van der Waals surface area contributed by atoms with E-state index >= 15 is 0 Å². The molecule has 1 aliphatic carbocycles. The van der Waals surface area contributed by atoms with Crippen LogP contribution in [0.4, 0.5) is 0 Å². The molecule has 1 saturated heterocycles. The predicted octanol–water partition coefficient (Wildman–Crippen LogP) is 4.23. The quantitative estimate of drug-likeness (QED) is 0.826. The van der Waals surface area contributed by atoms with Crippen molar-refractivity contribution in [3.63, 3.8) is 0 Å². The molecule has 2 aliphatic rings. The lowest BCUT2D eigenvalue weighted by Gasteiger charge is -2.38. The smallest absolute Gasteiger partial charge is 0.225 e. The molecule has 0 N–H and O–H groups in total. The van der Waals surface area contributed by atoms with E-state index in [1.807, 2.05) is 23.1 Å². The number of hydrogen-bond donors (Lipinski definition) is 0. The first-order chi connectivity index (χ1) is 11.1. The molecule has 5 heteroatoms. The Hall–Kier alpha value is -1.55. The summed E-state index contributed by atoms with van der Waals surface area (Å²) in [7, 11) is 0. The number of halogens is 1. The second-order valence-corrected chi connectivity index (χ2v) is 7.47. The standard InChI is InChI=1S/C18H21ClN2O2/c1-11-8-13(9-11)18(22)21-6-4-12(5-7-21)17-20-15-10-14(19)2-3-16(15)23-17/h2-3,10-13H,4-9H2,1H3. The fourth-order valence-electron chi connectivity index (χ4n) is 3.80. The predicted molar refractivity (Wildman–Crippen MR) is 89.5 cm³/mol. The maximum atomic E-state index is 12.4. The minimum atomic E-state index is 0.271. The molecule has 122 valence electrons. The lowest BCUT2D eigenvalue weighted by molar-refractivity contribution is -0.140. The zero-order valence-electron chi connectivity index (χ0n) is 13.3. The van der Waals surface area contributed by atoms with Gasteiger partial charge >= 0.3 is 0 Å². The Bertz CT molecular complexity index is 728. The van der Waals surface area contributed by atoms with E-state index in [9.17, 15) is 4.79 Å². The molecule has 23 heavy (non-hydrogen) atoms. The molecule has 4 rings (SSSR count). The third kappa shape index (κ3) is 2.85. The number of fused-ring (bicyclic) bond motifs is 1. The average molecular weight is 333 g/mol. The zero-order chi connectivity index (χ0) is 16.0. The average Bonchev–Trinajstić information content (AvgIpc) is 2.94. The lowest BCUT2D eigenvalue weighted by Crippen LogP contribution is -2.44. The van der Waals surface area contributed by atoms with Crippen LogP contribution in [-0.4, -0.2) is 28.9 Å². The number of benzene rings is 1. The van der Waals surface area contributed by atoms with Crippen molar-refractivity contribution in [3.05, 3.63) is 29.1 Å². The van der Waals surface area contributed by atoms with Gasteiger partial charge in [0.05, 0.1) is 0 Å². The number of aromatic nitrogens is 1. The van der Waals surface area contributed by atoms with Crippen molar-refractivity contribution in [2.75, 3.05) is 13.1 Å². The minimum Gasteiger partial charge on any atom is -0.440 e. The van der Waals surface area contributed by atoms with Gasteiger partial charge in [0.15, 0.2) is 11.5 Å². The Labute approximate surface area is 140 Å². The number of carbonyl (C=O) groups excluding carboxylic acids is 1. The number of amides is 1. The van der Waals surface area contributed by atoms with E-state index in [-0.39, 0.29) is 5.92 Å². The number of oxazole rings is 1. The van der Waals surface area contributed by atoms with Crippen molar-refractivity contribution in [2.24, 2.45) is 11.8 Å². The molecule has 1 saturated carbocycles. The molecule has 2 aromatic rings. The van der Waals surface area contributed by atoms with Crippen molar-refractivity contribution in [1.82, 2.24) is 9.88 Å². The number of carbonyl (C=O) groups is 1.